The zero-order chi connectivity index (χ0) is 14.4. The average molecular weight is 281 g/mol. The van der Waals surface area contributed by atoms with Crippen LogP contribution in [-0.2, 0) is 6.42 Å². The summed E-state index contributed by atoms with van der Waals surface area (Å²) in [5.74, 6) is 0.972. The number of nitrogens with one attached hydrogen (secondary N) is 1. The van der Waals surface area contributed by atoms with Crippen molar-refractivity contribution in [3.05, 3.63) is 70.5 Å². The third kappa shape index (κ3) is 2.01. The van der Waals surface area contributed by atoms with Crippen LogP contribution in [0, 0.1) is 11.7 Å². The lowest BCUT2D eigenvalue weighted by molar-refractivity contribution is 0.464. The van der Waals surface area contributed by atoms with Gasteiger partial charge in [-0.15, -0.1) is 0 Å². The van der Waals surface area contributed by atoms with E-state index in [2.05, 4.69) is 36.5 Å². The van der Waals surface area contributed by atoms with Gasteiger partial charge in [0.2, 0.25) is 0 Å². The van der Waals surface area contributed by atoms with Gasteiger partial charge in [-0.1, -0.05) is 43.7 Å². The Morgan fingerprint density at radius 2 is 1.90 bits per heavy atom. The fourth-order valence-electron chi connectivity index (χ4n) is 4.18. The van der Waals surface area contributed by atoms with Gasteiger partial charge < -0.3 is 5.32 Å². The van der Waals surface area contributed by atoms with Crippen molar-refractivity contribution >= 4 is 0 Å². The second kappa shape index (κ2) is 4.96. The largest absolute Gasteiger partial charge is 0.309 e. The molecule has 1 fully saturated rings. The van der Waals surface area contributed by atoms with Crippen LogP contribution in [0.15, 0.2) is 42.5 Å². The van der Waals surface area contributed by atoms with Crippen LogP contribution in [0.4, 0.5) is 4.39 Å². The number of benzene rings is 2. The topological polar surface area (TPSA) is 12.0 Å². The Bertz CT molecular complexity index is 679. The van der Waals surface area contributed by atoms with Crippen LogP contribution in [-0.4, -0.2) is 6.54 Å². The maximum atomic E-state index is 13.8. The molecule has 1 N–H and O–H groups in total. The molecule has 1 saturated heterocycles. The highest BCUT2D eigenvalue weighted by atomic mass is 19.1. The van der Waals surface area contributed by atoms with Gasteiger partial charge in [-0.05, 0) is 53.3 Å². The van der Waals surface area contributed by atoms with Gasteiger partial charge in [-0.25, -0.2) is 4.39 Å². The third-order valence-corrected chi connectivity index (χ3v) is 5.23. The van der Waals surface area contributed by atoms with Crippen LogP contribution in [0.3, 0.4) is 0 Å². The molecule has 1 aliphatic heterocycles. The second-order valence-electron chi connectivity index (χ2n) is 6.30. The summed E-state index contributed by atoms with van der Waals surface area (Å²) >= 11 is 0. The van der Waals surface area contributed by atoms with Gasteiger partial charge in [0.1, 0.15) is 5.82 Å². The molecule has 0 bridgehead atoms. The first-order chi connectivity index (χ1) is 10.3. The van der Waals surface area contributed by atoms with E-state index in [0.717, 1.165) is 24.9 Å². The molecule has 108 valence electrons. The molecule has 1 nitrogen and oxygen atoms in total. The molecule has 0 amide bonds. The minimum absolute atomic E-state index is 0.125. The molecule has 2 aromatic rings. The molecule has 0 radical (unpaired) electrons. The van der Waals surface area contributed by atoms with E-state index in [9.17, 15) is 4.39 Å². The van der Waals surface area contributed by atoms with E-state index in [4.69, 9.17) is 0 Å². The highest BCUT2D eigenvalue weighted by molar-refractivity contribution is 5.46. The van der Waals surface area contributed by atoms with E-state index in [0.29, 0.717) is 11.8 Å². The number of hydrogen-bond donors (Lipinski definition) is 1. The molecule has 3 atom stereocenters. The van der Waals surface area contributed by atoms with Gasteiger partial charge >= 0.3 is 0 Å². The summed E-state index contributed by atoms with van der Waals surface area (Å²) in [6.45, 7) is 3.28. The monoisotopic (exact) mass is 281 g/mol. The van der Waals surface area contributed by atoms with Gasteiger partial charge in [0, 0.05) is 12.0 Å². The van der Waals surface area contributed by atoms with Crippen LogP contribution in [0.25, 0.3) is 0 Å². The van der Waals surface area contributed by atoms with Crippen LogP contribution in [0.5, 0.6) is 0 Å². The molecule has 0 aromatic heterocycles. The first-order valence-corrected chi connectivity index (χ1v) is 7.87. The van der Waals surface area contributed by atoms with Gasteiger partial charge in [-0.3, -0.25) is 0 Å². The highest BCUT2D eigenvalue weighted by Crippen LogP contribution is 2.47. The maximum absolute atomic E-state index is 13.8. The first-order valence-electron chi connectivity index (χ1n) is 7.87. The summed E-state index contributed by atoms with van der Waals surface area (Å²) in [7, 11) is 0. The molecule has 2 aliphatic rings. The Morgan fingerprint density at radius 3 is 2.76 bits per heavy atom. The Morgan fingerprint density at radius 1 is 1.10 bits per heavy atom. The summed E-state index contributed by atoms with van der Waals surface area (Å²) in [4.78, 5) is 0. The molecular weight excluding hydrogens is 261 g/mol. The Kier molecular flexibility index (Phi) is 3.07. The predicted octanol–water partition coefficient (Wildman–Crippen LogP) is 4.18. The van der Waals surface area contributed by atoms with Crippen LogP contribution < -0.4 is 5.32 Å². The van der Waals surface area contributed by atoms with Crippen molar-refractivity contribution in [3.63, 3.8) is 0 Å². The van der Waals surface area contributed by atoms with Gasteiger partial charge in [-0.2, -0.15) is 0 Å². The normalized spacial score (nSPS) is 26.7. The molecular formula is C19H20FN. The van der Waals surface area contributed by atoms with E-state index < -0.39 is 0 Å². The van der Waals surface area contributed by atoms with Crippen molar-refractivity contribution < 1.29 is 4.39 Å². The third-order valence-electron chi connectivity index (χ3n) is 5.23. The minimum Gasteiger partial charge on any atom is -0.309 e. The predicted molar refractivity (Wildman–Crippen MR) is 82.9 cm³/mol. The van der Waals surface area contributed by atoms with Crippen LogP contribution in [0.1, 0.15) is 47.6 Å². The molecule has 21 heavy (non-hydrogen) atoms. The summed E-state index contributed by atoms with van der Waals surface area (Å²) in [6.07, 6.45) is 2.07. The Labute approximate surface area is 125 Å². The van der Waals surface area contributed by atoms with E-state index in [1.54, 1.807) is 12.1 Å². The van der Waals surface area contributed by atoms with E-state index in [-0.39, 0.29) is 11.9 Å². The number of hydrogen-bond acceptors (Lipinski definition) is 1. The van der Waals surface area contributed by atoms with Crippen LogP contribution >= 0.6 is 0 Å². The van der Waals surface area contributed by atoms with Gasteiger partial charge in [0.25, 0.3) is 0 Å². The lowest BCUT2D eigenvalue weighted by atomic mass is 9.80. The lowest BCUT2D eigenvalue weighted by Crippen LogP contribution is -2.17. The molecule has 0 spiro atoms. The van der Waals surface area contributed by atoms with Crippen molar-refractivity contribution in [1.82, 2.24) is 5.32 Å². The Hall–Kier alpha value is -1.67. The van der Waals surface area contributed by atoms with E-state index >= 15 is 0 Å². The minimum atomic E-state index is -0.125. The van der Waals surface area contributed by atoms with Crippen LogP contribution in [0.2, 0.25) is 0 Å². The number of halogens is 1. The average Bonchev–Trinajstić information content (AvgIpc) is 2.87. The van der Waals surface area contributed by atoms with E-state index in [1.165, 1.54) is 16.7 Å². The van der Waals surface area contributed by atoms with Crippen molar-refractivity contribution in [2.45, 2.75) is 31.7 Å². The van der Waals surface area contributed by atoms with Crippen molar-refractivity contribution in [1.29, 1.82) is 0 Å². The smallest absolute Gasteiger partial charge is 0.123 e. The summed E-state index contributed by atoms with van der Waals surface area (Å²) in [5, 5.41) is 3.66. The Balaban J connectivity index is 1.93. The molecule has 1 heterocycles. The number of fused-ring (bicyclic) bond motifs is 5. The molecule has 0 saturated carbocycles. The van der Waals surface area contributed by atoms with Crippen molar-refractivity contribution in [2.75, 3.05) is 6.54 Å². The molecule has 2 heteroatoms. The van der Waals surface area contributed by atoms with Gasteiger partial charge in [0.15, 0.2) is 0 Å². The fourth-order valence-corrected chi connectivity index (χ4v) is 4.18. The lowest BCUT2D eigenvalue weighted by Gasteiger charge is -2.24. The fraction of sp³-hybridized carbons (Fsp3) is 0.368. The highest BCUT2D eigenvalue weighted by Gasteiger charge is 2.40. The first kappa shape index (κ1) is 13.0. The van der Waals surface area contributed by atoms with Crippen molar-refractivity contribution in [3.8, 4) is 0 Å². The summed E-state index contributed by atoms with van der Waals surface area (Å²) < 4.78 is 13.8. The maximum Gasteiger partial charge on any atom is 0.123 e. The quantitative estimate of drug-likeness (QED) is 0.826. The van der Waals surface area contributed by atoms with Gasteiger partial charge in [0.05, 0.1) is 0 Å². The summed E-state index contributed by atoms with van der Waals surface area (Å²) in [6, 6.07) is 14.3. The molecule has 2 aromatic carbocycles. The molecule has 1 aliphatic carbocycles. The number of rotatable bonds is 1. The van der Waals surface area contributed by atoms with Crippen molar-refractivity contribution in [2.24, 2.45) is 5.92 Å². The van der Waals surface area contributed by atoms with E-state index in [1.807, 2.05) is 6.07 Å². The molecule has 1 unspecified atom stereocenters. The molecule has 4 rings (SSSR count). The standard InChI is InChI=1S/C19H20FN/c1-2-12-11-21-19-17-10-15(20)8-7-14(17)9-13-5-3-4-6-16(13)18(12)19/h3-8,10,12,18-19,21H,2,9,11H2,1H3/t12?,18-,19-/m1/s1. The second-order valence-corrected chi connectivity index (χ2v) is 6.30. The SMILES string of the molecule is CCC1CN[C@@H]2c3cc(F)ccc3Cc3ccccc3[C@@H]12. The zero-order valence-corrected chi connectivity index (χ0v) is 12.3. The zero-order valence-electron chi connectivity index (χ0n) is 12.3. The summed E-state index contributed by atoms with van der Waals surface area (Å²) in [5.41, 5.74) is 5.28.